The second-order valence-corrected chi connectivity index (χ2v) is 7.36. The third-order valence-corrected chi connectivity index (χ3v) is 5.34. The van der Waals surface area contributed by atoms with E-state index in [9.17, 15) is 0 Å². The fourth-order valence-corrected chi connectivity index (χ4v) is 3.73. The van der Waals surface area contributed by atoms with Crippen molar-refractivity contribution < 1.29 is 9.31 Å². The molecular weight excluding hydrogens is 275 g/mol. The molecule has 1 aliphatic heterocycles. The van der Waals surface area contributed by atoms with Gasteiger partial charge in [-0.1, -0.05) is 27.7 Å². The molecule has 1 saturated heterocycles. The molecule has 0 aliphatic carbocycles. The number of nitrogens with zero attached hydrogens (tertiary/aromatic N) is 2. The zero-order valence-electron chi connectivity index (χ0n) is 15.3. The number of rotatable bonds is 5. The monoisotopic (exact) mass is 306 g/mol. The van der Waals surface area contributed by atoms with Crippen LogP contribution in [0.3, 0.4) is 0 Å². The van der Waals surface area contributed by atoms with Crippen LogP contribution in [0.1, 0.15) is 74.1 Å². The largest absolute Gasteiger partial charge is 0.498 e. The molecule has 0 aromatic carbocycles. The van der Waals surface area contributed by atoms with Crippen molar-refractivity contribution in [3.8, 4) is 0 Å². The Kier molecular flexibility index (Phi) is 4.79. The molecule has 0 N–H and O–H groups in total. The lowest BCUT2D eigenvalue weighted by Crippen LogP contribution is -2.50. The molecular formula is C17H31BN2O2. The fourth-order valence-electron chi connectivity index (χ4n) is 3.73. The topological polar surface area (TPSA) is 36.3 Å². The van der Waals surface area contributed by atoms with Crippen LogP contribution in [-0.4, -0.2) is 28.1 Å². The van der Waals surface area contributed by atoms with E-state index in [0.29, 0.717) is 0 Å². The molecule has 1 aromatic heterocycles. The summed E-state index contributed by atoms with van der Waals surface area (Å²) in [6, 6.07) is 0. The van der Waals surface area contributed by atoms with Gasteiger partial charge in [-0.3, -0.25) is 4.68 Å². The predicted octanol–water partition coefficient (Wildman–Crippen LogP) is 3.50. The average molecular weight is 306 g/mol. The van der Waals surface area contributed by atoms with Crippen molar-refractivity contribution in [1.82, 2.24) is 9.78 Å². The molecule has 0 bridgehead atoms. The Morgan fingerprint density at radius 1 is 1.00 bits per heavy atom. The van der Waals surface area contributed by atoms with Crippen molar-refractivity contribution in [1.29, 1.82) is 0 Å². The molecule has 124 valence electrons. The third-order valence-electron chi connectivity index (χ3n) is 5.34. The van der Waals surface area contributed by atoms with E-state index < -0.39 is 0 Å². The van der Waals surface area contributed by atoms with E-state index in [1.165, 1.54) is 0 Å². The molecule has 0 amide bonds. The first-order valence-electron chi connectivity index (χ1n) is 8.68. The standard InChI is InChI=1S/C17H31BN2O2/c1-8-16(9-2)17(10-3,11-4)22-18(21-16)14-12-19-20(13-14)15(5,6)7/h12-13H,8-11H2,1-7H3. The molecule has 2 rings (SSSR count). The molecule has 4 nitrogen and oxygen atoms in total. The smallest absolute Gasteiger partial charge is 0.399 e. The SMILES string of the molecule is CCC1(CC)OB(c2cnn(C(C)(C)C)c2)OC1(CC)CC. The summed E-state index contributed by atoms with van der Waals surface area (Å²) in [6.07, 6.45) is 7.81. The number of hydrogen-bond donors (Lipinski definition) is 0. The van der Waals surface area contributed by atoms with Gasteiger partial charge in [-0.05, 0) is 46.5 Å². The van der Waals surface area contributed by atoms with Crippen molar-refractivity contribution in [2.45, 2.75) is 90.9 Å². The normalized spacial score (nSPS) is 20.6. The van der Waals surface area contributed by atoms with Gasteiger partial charge in [0.1, 0.15) is 0 Å². The minimum atomic E-state index is -0.309. The molecule has 0 spiro atoms. The van der Waals surface area contributed by atoms with E-state index in [1.54, 1.807) is 0 Å². The van der Waals surface area contributed by atoms with E-state index in [4.69, 9.17) is 9.31 Å². The highest BCUT2D eigenvalue weighted by Gasteiger charge is 2.58. The van der Waals surface area contributed by atoms with Gasteiger partial charge in [0.25, 0.3) is 0 Å². The molecule has 22 heavy (non-hydrogen) atoms. The molecule has 1 aliphatic rings. The maximum absolute atomic E-state index is 6.48. The van der Waals surface area contributed by atoms with Gasteiger partial charge in [0, 0.05) is 17.9 Å². The van der Waals surface area contributed by atoms with Crippen LogP contribution in [0.4, 0.5) is 0 Å². The summed E-state index contributed by atoms with van der Waals surface area (Å²) < 4.78 is 14.9. The van der Waals surface area contributed by atoms with Gasteiger partial charge in [-0.25, -0.2) is 0 Å². The third kappa shape index (κ3) is 2.63. The summed E-state index contributed by atoms with van der Waals surface area (Å²) in [5.41, 5.74) is 0.580. The minimum absolute atomic E-state index is 0.0317. The lowest BCUT2D eigenvalue weighted by molar-refractivity contribution is -0.0601. The maximum atomic E-state index is 6.48. The highest BCUT2D eigenvalue weighted by Crippen LogP contribution is 2.46. The molecule has 1 aromatic rings. The maximum Gasteiger partial charge on any atom is 0.498 e. The van der Waals surface area contributed by atoms with Crippen LogP contribution in [-0.2, 0) is 14.8 Å². The van der Waals surface area contributed by atoms with Crippen molar-refractivity contribution in [3.05, 3.63) is 12.4 Å². The molecule has 0 radical (unpaired) electrons. The fraction of sp³-hybridized carbons (Fsp3) is 0.824. The highest BCUT2D eigenvalue weighted by molar-refractivity contribution is 6.62. The van der Waals surface area contributed by atoms with Crippen molar-refractivity contribution in [2.24, 2.45) is 0 Å². The van der Waals surface area contributed by atoms with Gasteiger partial charge in [0.05, 0.1) is 16.7 Å². The van der Waals surface area contributed by atoms with Gasteiger partial charge in [-0.15, -0.1) is 0 Å². The average Bonchev–Trinajstić information content (AvgIpc) is 3.10. The van der Waals surface area contributed by atoms with Gasteiger partial charge in [-0.2, -0.15) is 5.10 Å². The van der Waals surface area contributed by atoms with Crippen LogP contribution in [0.25, 0.3) is 0 Å². The van der Waals surface area contributed by atoms with Crippen LogP contribution in [0, 0.1) is 0 Å². The summed E-state index contributed by atoms with van der Waals surface area (Å²) >= 11 is 0. The Labute approximate surface area is 135 Å². The van der Waals surface area contributed by atoms with E-state index in [-0.39, 0.29) is 23.9 Å². The first-order valence-corrected chi connectivity index (χ1v) is 8.68. The lowest BCUT2D eigenvalue weighted by atomic mass is 9.75. The summed E-state index contributed by atoms with van der Waals surface area (Å²) in [6.45, 7) is 15.2. The van der Waals surface area contributed by atoms with Gasteiger partial charge >= 0.3 is 7.12 Å². The van der Waals surface area contributed by atoms with Crippen molar-refractivity contribution >= 4 is 12.6 Å². The number of aromatic nitrogens is 2. The van der Waals surface area contributed by atoms with Crippen LogP contribution in [0.15, 0.2) is 12.4 Å². The Morgan fingerprint density at radius 3 is 1.77 bits per heavy atom. The molecule has 0 unspecified atom stereocenters. The second kappa shape index (κ2) is 6.01. The van der Waals surface area contributed by atoms with E-state index in [1.807, 2.05) is 10.9 Å². The molecule has 5 heteroatoms. The van der Waals surface area contributed by atoms with Crippen LogP contribution < -0.4 is 5.46 Å². The van der Waals surface area contributed by atoms with Crippen LogP contribution in [0.5, 0.6) is 0 Å². The van der Waals surface area contributed by atoms with Crippen LogP contribution >= 0.6 is 0 Å². The first kappa shape index (κ1) is 17.5. The van der Waals surface area contributed by atoms with Crippen molar-refractivity contribution in [2.75, 3.05) is 0 Å². The zero-order valence-corrected chi connectivity index (χ0v) is 15.3. The summed E-state index contributed by atoms with van der Waals surface area (Å²) in [5.74, 6) is 0. The molecule has 0 saturated carbocycles. The predicted molar refractivity (Wildman–Crippen MR) is 91.4 cm³/mol. The summed E-state index contributed by atoms with van der Waals surface area (Å²) in [4.78, 5) is 0. The quantitative estimate of drug-likeness (QED) is 0.781. The summed E-state index contributed by atoms with van der Waals surface area (Å²) in [5, 5.41) is 4.49. The Balaban J connectivity index is 2.34. The van der Waals surface area contributed by atoms with E-state index in [0.717, 1.165) is 31.1 Å². The Hall–Kier alpha value is -0.805. The highest BCUT2D eigenvalue weighted by atomic mass is 16.7. The van der Waals surface area contributed by atoms with E-state index >= 15 is 0 Å². The Bertz CT molecular complexity index is 479. The zero-order chi connectivity index (χ0) is 16.6. The minimum Gasteiger partial charge on any atom is -0.399 e. The lowest BCUT2D eigenvalue weighted by Gasteiger charge is -2.42. The van der Waals surface area contributed by atoms with E-state index in [2.05, 4.69) is 59.8 Å². The molecule has 2 heterocycles. The van der Waals surface area contributed by atoms with Gasteiger partial charge in [0.15, 0.2) is 0 Å². The van der Waals surface area contributed by atoms with Crippen LogP contribution in [0.2, 0.25) is 0 Å². The molecule has 0 atom stereocenters. The van der Waals surface area contributed by atoms with Gasteiger partial charge in [0.2, 0.25) is 0 Å². The van der Waals surface area contributed by atoms with Gasteiger partial charge < -0.3 is 9.31 Å². The summed E-state index contributed by atoms with van der Waals surface area (Å²) in [7, 11) is -0.309. The number of hydrogen-bond acceptors (Lipinski definition) is 3. The molecule has 1 fully saturated rings. The Morgan fingerprint density at radius 2 is 1.45 bits per heavy atom. The second-order valence-electron chi connectivity index (χ2n) is 7.36. The van der Waals surface area contributed by atoms with Crippen molar-refractivity contribution in [3.63, 3.8) is 0 Å². The first-order chi connectivity index (χ1) is 10.3.